The molecule has 1 aromatic carbocycles. The average molecular weight is 267 g/mol. The standard InChI is InChI=1S/C14H19ClN2O/c1-10-12(15)6-3-7-13(10)16-14(18)9-11-5-4-8-17(11)2/h3,6-7,11H,4-5,8-9H2,1-2H3,(H,16,18). The predicted molar refractivity (Wildman–Crippen MR) is 75.1 cm³/mol. The fourth-order valence-electron chi connectivity index (χ4n) is 2.40. The van der Waals surface area contributed by atoms with Crippen molar-refractivity contribution in [2.24, 2.45) is 0 Å². The number of amides is 1. The summed E-state index contributed by atoms with van der Waals surface area (Å²) >= 11 is 6.03. The van der Waals surface area contributed by atoms with E-state index in [0.29, 0.717) is 17.5 Å². The fourth-order valence-corrected chi connectivity index (χ4v) is 2.57. The molecule has 1 N–H and O–H groups in total. The van der Waals surface area contributed by atoms with Gasteiger partial charge in [0, 0.05) is 23.2 Å². The van der Waals surface area contributed by atoms with Crippen molar-refractivity contribution in [2.75, 3.05) is 18.9 Å². The van der Waals surface area contributed by atoms with Gasteiger partial charge in [-0.05, 0) is 51.1 Å². The number of rotatable bonds is 3. The number of likely N-dealkylation sites (tertiary alicyclic amines) is 1. The monoisotopic (exact) mass is 266 g/mol. The Balaban J connectivity index is 1.97. The van der Waals surface area contributed by atoms with Gasteiger partial charge < -0.3 is 10.2 Å². The highest BCUT2D eigenvalue weighted by Gasteiger charge is 2.23. The van der Waals surface area contributed by atoms with E-state index >= 15 is 0 Å². The van der Waals surface area contributed by atoms with Crippen LogP contribution in [0, 0.1) is 6.92 Å². The zero-order valence-electron chi connectivity index (χ0n) is 10.9. The summed E-state index contributed by atoms with van der Waals surface area (Å²) in [6.45, 7) is 3.01. The van der Waals surface area contributed by atoms with Crippen molar-refractivity contribution in [1.29, 1.82) is 0 Å². The largest absolute Gasteiger partial charge is 0.326 e. The van der Waals surface area contributed by atoms with E-state index < -0.39 is 0 Å². The molecule has 2 rings (SSSR count). The molecule has 0 spiro atoms. The second-order valence-electron chi connectivity index (χ2n) is 4.94. The van der Waals surface area contributed by atoms with Gasteiger partial charge in [0.05, 0.1) is 0 Å². The number of anilines is 1. The minimum absolute atomic E-state index is 0.0686. The van der Waals surface area contributed by atoms with Crippen LogP contribution in [0.4, 0.5) is 5.69 Å². The third-order valence-electron chi connectivity index (χ3n) is 3.63. The maximum absolute atomic E-state index is 12.0. The molecule has 18 heavy (non-hydrogen) atoms. The van der Waals surface area contributed by atoms with E-state index in [2.05, 4.69) is 17.3 Å². The highest BCUT2D eigenvalue weighted by Crippen LogP contribution is 2.24. The van der Waals surface area contributed by atoms with Crippen molar-refractivity contribution in [1.82, 2.24) is 4.90 Å². The Morgan fingerprint density at radius 3 is 3.00 bits per heavy atom. The summed E-state index contributed by atoms with van der Waals surface area (Å²) in [5.41, 5.74) is 1.74. The summed E-state index contributed by atoms with van der Waals surface area (Å²) in [5, 5.41) is 3.63. The molecule has 1 amide bonds. The van der Waals surface area contributed by atoms with Crippen molar-refractivity contribution < 1.29 is 4.79 Å². The summed E-state index contributed by atoms with van der Waals surface area (Å²) in [4.78, 5) is 14.3. The number of hydrogen-bond acceptors (Lipinski definition) is 2. The third kappa shape index (κ3) is 3.03. The van der Waals surface area contributed by atoms with Crippen LogP contribution >= 0.6 is 11.6 Å². The highest BCUT2D eigenvalue weighted by molar-refractivity contribution is 6.31. The Morgan fingerprint density at radius 2 is 2.33 bits per heavy atom. The van der Waals surface area contributed by atoms with Gasteiger partial charge in [0.25, 0.3) is 0 Å². The van der Waals surface area contributed by atoms with Gasteiger partial charge in [0.1, 0.15) is 0 Å². The van der Waals surface area contributed by atoms with Gasteiger partial charge >= 0.3 is 0 Å². The molecule has 3 nitrogen and oxygen atoms in total. The SMILES string of the molecule is Cc1c(Cl)cccc1NC(=O)CC1CCCN1C. The van der Waals surface area contributed by atoms with Gasteiger partial charge in [-0.15, -0.1) is 0 Å². The Kier molecular flexibility index (Phi) is 4.25. The maximum atomic E-state index is 12.0. The van der Waals surface area contributed by atoms with Gasteiger partial charge in [-0.2, -0.15) is 0 Å². The molecule has 1 aromatic rings. The van der Waals surface area contributed by atoms with Crippen LogP contribution in [0.15, 0.2) is 18.2 Å². The first-order chi connectivity index (χ1) is 8.58. The van der Waals surface area contributed by atoms with Gasteiger partial charge in [-0.3, -0.25) is 4.79 Å². The third-order valence-corrected chi connectivity index (χ3v) is 4.04. The fraction of sp³-hybridized carbons (Fsp3) is 0.500. The smallest absolute Gasteiger partial charge is 0.225 e. The van der Waals surface area contributed by atoms with Crippen molar-refractivity contribution in [3.05, 3.63) is 28.8 Å². The molecule has 1 fully saturated rings. The zero-order valence-corrected chi connectivity index (χ0v) is 11.6. The first-order valence-corrected chi connectivity index (χ1v) is 6.71. The summed E-state index contributed by atoms with van der Waals surface area (Å²) < 4.78 is 0. The van der Waals surface area contributed by atoms with Crippen LogP contribution in [0.1, 0.15) is 24.8 Å². The van der Waals surface area contributed by atoms with E-state index in [1.165, 1.54) is 6.42 Å². The Labute approximate surface area is 113 Å². The Hall–Kier alpha value is -1.06. The van der Waals surface area contributed by atoms with Crippen molar-refractivity contribution in [3.8, 4) is 0 Å². The molecule has 1 aliphatic heterocycles. The molecular formula is C14H19ClN2O. The van der Waals surface area contributed by atoms with Gasteiger partial charge in [0.2, 0.25) is 5.91 Å². The number of carbonyl (C=O) groups excluding carboxylic acids is 1. The van der Waals surface area contributed by atoms with E-state index in [1.807, 2.05) is 25.1 Å². The van der Waals surface area contributed by atoms with Gasteiger partial charge in [0.15, 0.2) is 0 Å². The second-order valence-corrected chi connectivity index (χ2v) is 5.35. The second kappa shape index (κ2) is 5.72. The molecule has 0 bridgehead atoms. The van der Waals surface area contributed by atoms with Crippen LogP contribution in [0.25, 0.3) is 0 Å². The van der Waals surface area contributed by atoms with E-state index in [0.717, 1.165) is 24.2 Å². The topological polar surface area (TPSA) is 32.3 Å². The first kappa shape index (κ1) is 13.4. The first-order valence-electron chi connectivity index (χ1n) is 6.33. The van der Waals surface area contributed by atoms with Crippen LogP contribution in [-0.4, -0.2) is 30.4 Å². The predicted octanol–water partition coefficient (Wildman–Crippen LogP) is 3.07. The number of nitrogens with zero attached hydrogens (tertiary/aromatic N) is 1. The number of carbonyl (C=O) groups is 1. The van der Waals surface area contributed by atoms with Crippen molar-refractivity contribution in [2.45, 2.75) is 32.2 Å². The molecule has 0 aromatic heterocycles. The highest BCUT2D eigenvalue weighted by atomic mass is 35.5. The molecule has 1 atom stereocenters. The summed E-state index contributed by atoms with van der Waals surface area (Å²) in [6.07, 6.45) is 2.85. The Bertz CT molecular complexity index is 447. The van der Waals surface area contributed by atoms with Crippen LogP contribution in [0.3, 0.4) is 0 Å². The average Bonchev–Trinajstić information content (AvgIpc) is 2.71. The van der Waals surface area contributed by atoms with Crippen LogP contribution in [-0.2, 0) is 4.79 Å². The molecule has 0 aliphatic carbocycles. The lowest BCUT2D eigenvalue weighted by Crippen LogP contribution is -2.29. The molecule has 0 saturated carbocycles. The molecule has 98 valence electrons. The quantitative estimate of drug-likeness (QED) is 0.912. The summed E-state index contributed by atoms with van der Waals surface area (Å²) in [6, 6.07) is 5.95. The lowest BCUT2D eigenvalue weighted by atomic mass is 10.1. The molecular weight excluding hydrogens is 248 g/mol. The molecule has 4 heteroatoms. The van der Waals surface area contributed by atoms with Crippen molar-refractivity contribution >= 4 is 23.2 Å². The molecule has 1 aliphatic rings. The molecule has 1 unspecified atom stereocenters. The number of halogens is 1. The van der Waals surface area contributed by atoms with Crippen LogP contribution < -0.4 is 5.32 Å². The molecule has 1 heterocycles. The van der Waals surface area contributed by atoms with Gasteiger partial charge in [-0.25, -0.2) is 0 Å². The van der Waals surface area contributed by atoms with E-state index in [1.54, 1.807) is 0 Å². The zero-order chi connectivity index (χ0) is 13.1. The number of hydrogen-bond donors (Lipinski definition) is 1. The summed E-state index contributed by atoms with van der Waals surface area (Å²) in [7, 11) is 2.08. The van der Waals surface area contributed by atoms with E-state index in [-0.39, 0.29) is 5.91 Å². The lowest BCUT2D eigenvalue weighted by Gasteiger charge is -2.19. The number of benzene rings is 1. The minimum Gasteiger partial charge on any atom is -0.326 e. The normalized spacial score (nSPS) is 20.1. The minimum atomic E-state index is 0.0686. The maximum Gasteiger partial charge on any atom is 0.225 e. The van der Waals surface area contributed by atoms with Gasteiger partial charge in [-0.1, -0.05) is 17.7 Å². The van der Waals surface area contributed by atoms with E-state index in [4.69, 9.17) is 11.6 Å². The molecule has 0 radical (unpaired) electrons. The molecule has 1 saturated heterocycles. The Morgan fingerprint density at radius 1 is 1.56 bits per heavy atom. The lowest BCUT2D eigenvalue weighted by molar-refractivity contribution is -0.117. The van der Waals surface area contributed by atoms with Crippen LogP contribution in [0.5, 0.6) is 0 Å². The number of nitrogens with one attached hydrogen (secondary N) is 1. The van der Waals surface area contributed by atoms with Crippen LogP contribution in [0.2, 0.25) is 5.02 Å². The van der Waals surface area contributed by atoms with Crippen molar-refractivity contribution in [3.63, 3.8) is 0 Å². The van der Waals surface area contributed by atoms with E-state index in [9.17, 15) is 4.79 Å². The summed E-state index contributed by atoms with van der Waals surface area (Å²) in [5.74, 6) is 0.0686.